The summed E-state index contributed by atoms with van der Waals surface area (Å²) in [4.78, 5) is 19.6. The molecular weight excluding hydrogens is 519 g/mol. The molecule has 2 aliphatic rings. The molecule has 1 aromatic rings. The predicted molar refractivity (Wildman–Crippen MR) is 139 cm³/mol. The number of likely N-dealkylation sites (tertiary alicyclic amines) is 1. The molecule has 1 saturated heterocycles. The van der Waals surface area contributed by atoms with E-state index < -0.39 is 0 Å². The van der Waals surface area contributed by atoms with E-state index in [1.165, 1.54) is 19.3 Å². The van der Waals surface area contributed by atoms with Crippen LogP contribution in [0.1, 0.15) is 51.0 Å². The van der Waals surface area contributed by atoms with Crippen molar-refractivity contribution in [3.8, 4) is 5.75 Å². The lowest BCUT2D eigenvalue weighted by molar-refractivity contribution is -0.135. The van der Waals surface area contributed by atoms with Crippen LogP contribution in [0.15, 0.2) is 29.3 Å². The number of aliphatic imine (C=N–C) groups is 1. The molecule has 8 heteroatoms. The van der Waals surface area contributed by atoms with Crippen LogP contribution in [-0.4, -0.2) is 62.8 Å². The number of hydrogen-bond acceptors (Lipinski definition) is 4. The molecule has 180 valence electrons. The molecule has 1 aliphatic heterocycles. The maximum Gasteiger partial charge on any atom is 0.225 e. The summed E-state index contributed by atoms with van der Waals surface area (Å²) in [5.74, 6) is 2.25. The number of benzene rings is 1. The maximum atomic E-state index is 12.8. The molecule has 1 atom stereocenters. The zero-order valence-electron chi connectivity index (χ0n) is 19.5. The summed E-state index contributed by atoms with van der Waals surface area (Å²) in [5.41, 5.74) is 1.12. The highest BCUT2D eigenvalue weighted by Gasteiger charge is 2.31. The Morgan fingerprint density at radius 1 is 1.12 bits per heavy atom. The summed E-state index contributed by atoms with van der Waals surface area (Å²) in [6.07, 6.45) is 6.77. The van der Waals surface area contributed by atoms with Gasteiger partial charge in [-0.3, -0.25) is 4.79 Å². The Hall–Kier alpha value is -1.55. The topological polar surface area (TPSA) is 75.2 Å². The number of nitrogens with one attached hydrogen (secondary N) is 2. The minimum Gasteiger partial charge on any atom is -0.491 e. The number of amides is 1. The first-order chi connectivity index (χ1) is 15.2. The molecule has 1 unspecified atom stereocenters. The molecule has 32 heavy (non-hydrogen) atoms. The number of carbonyl (C=O) groups is 1. The third kappa shape index (κ3) is 8.42. The van der Waals surface area contributed by atoms with Gasteiger partial charge < -0.3 is 25.0 Å². The van der Waals surface area contributed by atoms with Gasteiger partial charge in [0.15, 0.2) is 5.96 Å². The second-order valence-corrected chi connectivity index (χ2v) is 8.43. The number of methoxy groups -OCH3 is 1. The summed E-state index contributed by atoms with van der Waals surface area (Å²) >= 11 is 0. The van der Waals surface area contributed by atoms with E-state index in [0.717, 1.165) is 56.2 Å². The highest BCUT2D eigenvalue weighted by molar-refractivity contribution is 14.0. The normalized spacial score (nSPS) is 19.4. The Bertz CT molecular complexity index is 708. The summed E-state index contributed by atoms with van der Waals surface area (Å²) < 4.78 is 10.6. The predicted octanol–water partition coefficient (Wildman–Crippen LogP) is 3.57. The standard InChI is InChI=1S/C24H38N4O3.HI/c1-3-25-24(26-17-19-9-11-22(12-10-19)31-16-15-30-2)27-21-13-14-28(18-21)23(29)20-7-5-4-6-8-20;/h9-12,20-21H,3-8,13-18H2,1-2H3,(H2,25,26,27);1H. The van der Waals surface area contributed by atoms with Crippen molar-refractivity contribution in [2.24, 2.45) is 10.9 Å². The quantitative estimate of drug-likeness (QED) is 0.210. The fourth-order valence-corrected chi connectivity index (χ4v) is 4.30. The van der Waals surface area contributed by atoms with Gasteiger partial charge in [-0.2, -0.15) is 0 Å². The van der Waals surface area contributed by atoms with Crippen LogP contribution in [0.2, 0.25) is 0 Å². The zero-order chi connectivity index (χ0) is 21.9. The maximum absolute atomic E-state index is 12.8. The summed E-state index contributed by atoms with van der Waals surface area (Å²) in [5, 5.41) is 6.86. The minimum atomic E-state index is 0. The van der Waals surface area contributed by atoms with E-state index in [1.54, 1.807) is 7.11 Å². The molecule has 1 aromatic carbocycles. The van der Waals surface area contributed by atoms with Crippen LogP contribution < -0.4 is 15.4 Å². The molecule has 0 radical (unpaired) electrons. The first kappa shape index (κ1) is 26.7. The van der Waals surface area contributed by atoms with Crippen molar-refractivity contribution in [3.05, 3.63) is 29.8 Å². The van der Waals surface area contributed by atoms with E-state index in [1.807, 2.05) is 24.3 Å². The second-order valence-electron chi connectivity index (χ2n) is 8.43. The van der Waals surface area contributed by atoms with Gasteiger partial charge >= 0.3 is 0 Å². The summed E-state index contributed by atoms with van der Waals surface area (Å²) in [6.45, 7) is 6.19. The van der Waals surface area contributed by atoms with Crippen molar-refractivity contribution in [1.82, 2.24) is 15.5 Å². The van der Waals surface area contributed by atoms with Crippen LogP contribution in [0.5, 0.6) is 5.75 Å². The van der Waals surface area contributed by atoms with Crippen LogP contribution in [0.4, 0.5) is 0 Å². The lowest BCUT2D eigenvalue weighted by Crippen LogP contribution is -2.45. The fourth-order valence-electron chi connectivity index (χ4n) is 4.30. The van der Waals surface area contributed by atoms with E-state index >= 15 is 0 Å². The molecule has 1 amide bonds. The summed E-state index contributed by atoms with van der Waals surface area (Å²) in [6, 6.07) is 8.26. The number of rotatable bonds is 9. The number of guanidine groups is 1. The Kier molecular flexibility index (Phi) is 12.2. The van der Waals surface area contributed by atoms with E-state index in [0.29, 0.717) is 25.7 Å². The number of halogens is 1. The van der Waals surface area contributed by atoms with Crippen molar-refractivity contribution in [1.29, 1.82) is 0 Å². The van der Waals surface area contributed by atoms with Gasteiger partial charge in [0, 0.05) is 38.7 Å². The molecule has 2 fully saturated rings. The van der Waals surface area contributed by atoms with Gasteiger partial charge in [-0.1, -0.05) is 31.4 Å². The SMILES string of the molecule is CCNC(=NCc1ccc(OCCOC)cc1)NC1CCN(C(=O)C2CCCCC2)C1.I. The average Bonchev–Trinajstić information content (AvgIpc) is 3.27. The largest absolute Gasteiger partial charge is 0.491 e. The molecule has 7 nitrogen and oxygen atoms in total. The Balaban J connectivity index is 0.00000363. The van der Waals surface area contributed by atoms with E-state index in [4.69, 9.17) is 14.5 Å². The molecule has 0 spiro atoms. The molecule has 0 aromatic heterocycles. The van der Waals surface area contributed by atoms with Crippen LogP contribution >= 0.6 is 24.0 Å². The number of nitrogens with zero attached hydrogens (tertiary/aromatic N) is 2. The van der Waals surface area contributed by atoms with E-state index in [2.05, 4.69) is 22.5 Å². The van der Waals surface area contributed by atoms with Gasteiger partial charge in [0.1, 0.15) is 12.4 Å². The Labute approximate surface area is 209 Å². The Morgan fingerprint density at radius 3 is 2.56 bits per heavy atom. The highest BCUT2D eigenvalue weighted by atomic mass is 127. The molecule has 1 saturated carbocycles. The smallest absolute Gasteiger partial charge is 0.225 e. The zero-order valence-corrected chi connectivity index (χ0v) is 21.8. The molecule has 3 rings (SSSR count). The van der Waals surface area contributed by atoms with E-state index in [9.17, 15) is 4.79 Å². The number of carbonyl (C=O) groups excluding carboxylic acids is 1. The fraction of sp³-hybridized carbons (Fsp3) is 0.667. The summed E-state index contributed by atoms with van der Waals surface area (Å²) in [7, 11) is 1.66. The third-order valence-electron chi connectivity index (χ3n) is 6.04. The number of ether oxygens (including phenoxy) is 2. The molecule has 0 bridgehead atoms. The van der Waals surface area contributed by atoms with E-state index in [-0.39, 0.29) is 35.9 Å². The van der Waals surface area contributed by atoms with Gasteiger partial charge in [0.2, 0.25) is 5.91 Å². The molecule has 1 aliphatic carbocycles. The molecular formula is C24H39IN4O3. The monoisotopic (exact) mass is 558 g/mol. The molecule has 2 N–H and O–H groups in total. The Morgan fingerprint density at radius 2 is 1.88 bits per heavy atom. The van der Waals surface area contributed by atoms with Crippen LogP contribution in [0.25, 0.3) is 0 Å². The van der Waals surface area contributed by atoms with Crippen molar-refractivity contribution in [2.75, 3.05) is 40.0 Å². The van der Waals surface area contributed by atoms with Crippen LogP contribution in [0.3, 0.4) is 0 Å². The van der Waals surface area contributed by atoms with Gasteiger partial charge in [-0.05, 0) is 43.9 Å². The highest BCUT2D eigenvalue weighted by Crippen LogP contribution is 2.26. The number of hydrogen-bond donors (Lipinski definition) is 2. The average molecular weight is 559 g/mol. The van der Waals surface area contributed by atoms with Crippen molar-refractivity contribution < 1.29 is 14.3 Å². The van der Waals surface area contributed by atoms with Gasteiger partial charge in [0.05, 0.1) is 13.2 Å². The first-order valence-corrected chi connectivity index (χ1v) is 11.7. The van der Waals surface area contributed by atoms with Gasteiger partial charge in [-0.25, -0.2) is 4.99 Å². The lowest BCUT2D eigenvalue weighted by atomic mass is 9.88. The first-order valence-electron chi connectivity index (χ1n) is 11.7. The third-order valence-corrected chi connectivity index (χ3v) is 6.04. The van der Waals surface area contributed by atoms with Gasteiger partial charge in [0.25, 0.3) is 0 Å². The van der Waals surface area contributed by atoms with Crippen molar-refractivity contribution >= 4 is 35.8 Å². The van der Waals surface area contributed by atoms with Crippen molar-refractivity contribution in [2.45, 2.75) is 58.0 Å². The van der Waals surface area contributed by atoms with Crippen LogP contribution in [-0.2, 0) is 16.1 Å². The van der Waals surface area contributed by atoms with Gasteiger partial charge in [-0.15, -0.1) is 24.0 Å². The second kappa shape index (κ2) is 14.6. The van der Waals surface area contributed by atoms with Crippen LogP contribution in [0, 0.1) is 5.92 Å². The minimum absolute atomic E-state index is 0. The lowest BCUT2D eigenvalue weighted by Gasteiger charge is -2.26. The molecule has 1 heterocycles. The van der Waals surface area contributed by atoms with Crippen molar-refractivity contribution in [3.63, 3.8) is 0 Å².